The molecule has 5 aliphatic rings. The van der Waals surface area contributed by atoms with Crippen molar-refractivity contribution < 1.29 is 62.7 Å². The van der Waals surface area contributed by atoms with Gasteiger partial charge in [0.2, 0.25) is 12.5 Å². The summed E-state index contributed by atoms with van der Waals surface area (Å²) in [5, 5.41) is 35.0. The second kappa shape index (κ2) is 11.6. The summed E-state index contributed by atoms with van der Waals surface area (Å²) in [6, 6.07) is 10.7. The fourth-order valence-corrected chi connectivity index (χ4v) is 7.89. The lowest BCUT2D eigenvalue weighted by molar-refractivity contribution is -0.368. The zero-order chi connectivity index (χ0) is 31.7. The minimum Gasteiger partial charge on any atom is -0.502 e. The molecule has 0 unspecified atom stereocenters. The first-order valence-electron chi connectivity index (χ1n) is 14.9. The lowest BCUT2D eigenvalue weighted by atomic mass is 9.66. The van der Waals surface area contributed by atoms with Gasteiger partial charge in [-0.25, -0.2) is 0 Å². The van der Waals surface area contributed by atoms with Gasteiger partial charge in [0, 0.05) is 11.8 Å². The molecule has 14 heteroatoms. The van der Waals surface area contributed by atoms with Crippen LogP contribution >= 0.6 is 11.3 Å². The number of aliphatic hydroxyl groups excluding tert-OH is 2. The van der Waals surface area contributed by atoms with Crippen molar-refractivity contribution in [1.29, 1.82) is 0 Å². The Kier molecular flexibility index (Phi) is 7.48. The highest BCUT2D eigenvalue weighted by atomic mass is 32.1. The number of carbonyl (C=O) groups is 1. The van der Waals surface area contributed by atoms with Crippen molar-refractivity contribution >= 4 is 17.3 Å². The molecule has 0 amide bonds. The van der Waals surface area contributed by atoms with Crippen LogP contribution in [-0.2, 0) is 28.5 Å². The molecule has 0 radical (unpaired) electrons. The Hall–Kier alpha value is -3.63. The van der Waals surface area contributed by atoms with Gasteiger partial charge < -0.3 is 58.0 Å². The SMILES string of the molecule is COc1cc([C@@H]2c3cc4c(cc3[C@@H](O[C@@H]3O[C@@H]5CO[C@H](c6cccs6)O[C@@H]5[C@H](O)[C@@H]3O)[C@H]3COC(=O)[C@H]23)OCO4)cc(OC)c1O. The molecule has 4 aliphatic heterocycles. The third kappa shape index (κ3) is 4.70. The van der Waals surface area contributed by atoms with E-state index >= 15 is 0 Å². The number of aromatic hydroxyl groups is 1. The van der Waals surface area contributed by atoms with Crippen LogP contribution in [0.1, 0.15) is 39.9 Å². The number of fused-ring (bicyclic) bond motifs is 4. The largest absolute Gasteiger partial charge is 0.502 e. The average Bonchev–Trinajstić information content (AvgIpc) is 3.85. The van der Waals surface area contributed by atoms with E-state index in [0.717, 1.165) is 4.88 Å². The second-order valence-corrected chi connectivity index (χ2v) is 12.7. The predicted octanol–water partition coefficient (Wildman–Crippen LogP) is 2.75. The molecule has 3 aromatic rings. The van der Waals surface area contributed by atoms with Crippen molar-refractivity contribution in [2.45, 2.75) is 49.0 Å². The van der Waals surface area contributed by atoms with E-state index in [1.807, 2.05) is 23.6 Å². The van der Waals surface area contributed by atoms with E-state index in [1.165, 1.54) is 25.6 Å². The number of esters is 1. The smallest absolute Gasteiger partial charge is 0.310 e. The highest BCUT2D eigenvalue weighted by Crippen LogP contribution is 2.57. The molecule has 10 atom stereocenters. The standard InChI is InChI=1S/C32H32O13S/c1-37-19-6-13(7-20(38-2)25(19)33)23-14-8-17-18(42-12-41-17)9-15(14)28(16-10-39-30(36)24(16)23)44-32-27(35)26(34)29-21(43-32)11-40-31(45-29)22-4-3-5-46-22/h3-9,16,21,23-24,26-29,31-35H,10-12H2,1-2H3/t16-,21+,23+,24-,26+,27-,28+,29-,31-,32-/m0/s1. The van der Waals surface area contributed by atoms with E-state index in [2.05, 4.69) is 0 Å². The van der Waals surface area contributed by atoms with Crippen molar-refractivity contribution in [1.82, 2.24) is 0 Å². The number of thiophene rings is 1. The van der Waals surface area contributed by atoms with Crippen LogP contribution < -0.4 is 18.9 Å². The van der Waals surface area contributed by atoms with Crippen LogP contribution in [0.2, 0.25) is 0 Å². The summed E-state index contributed by atoms with van der Waals surface area (Å²) in [5.74, 6) is -1.08. The first kappa shape index (κ1) is 29.8. The number of phenols is 1. The molecule has 1 aromatic heterocycles. The van der Waals surface area contributed by atoms with Gasteiger partial charge in [-0.05, 0) is 52.4 Å². The zero-order valence-corrected chi connectivity index (χ0v) is 25.6. The molecule has 3 fully saturated rings. The second-order valence-electron chi connectivity index (χ2n) is 11.8. The molecule has 2 aromatic carbocycles. The Morgan fingerprint density at radius 3 is 2.35 bits per heavy atom. The molecule has 0 bridgehead atoms. The minimum atomic E-state index is -1.47. The fourth-order valence-electron chi connectivity index (χ4n) is 7.18. The quantitative estimate of drug-likeness (QED) is 0.333. The number of hydrogen-bond acceptors (Lipinski definition) is 14. The van der Waals surface area contributed by atoms with Crippen molar-refractivity contribution in [2.24, 2.45) is 11.8 Å². The summed E-state index contributed by atoms with van der Waals surface area (Å²) in [5.41, 5.74) is 2.00. The Morgan fingerprint density at radius 2 is 1.65 bits per heavy atom. The number of carbonyl (C=O) groups excluding carboxylic acids is 1. The topological polar surface area (TPSA) is 161 Å². The lowest BCUT2D eigenvalue weighted by Crippen LogP contribution is -2.62. The number of methoxy groups -OCH3 is 2. The molecular formula is C32H32O13S. The minimum absolute atomic E-state index is 0.0242. The molecule has 1 aliphatic carbocycles. The maximum atomic E-state index is 13.5. The lowest BCUT2D eigenvalue weighted by Gasteiger charge is -2.48. The summed E-state index contributed by atoms with van der Waals surface area (Å²) >= 11 is 1.46. The Morgan fingerprint density at radius 1 is 0.913 bits per heavy atom. The van der Waals surface area contributed by atoms with Crippen LogP contribution in [0.5, 0.6) is 28.7 Å². The van der Waals surface area contributed by atoms with Crippen LogP contribution in [-0.4, -0.2) is 86.2 Å². The van der Waals surface area contributed by atoms with Gasteiger partial charge in [-0.1, -0.05) is 6.07 Å². The molecule has 0 spiro atoms. The van der Waals surface area contributed by atoms with Gasteiger partial charge in [0.25, 0.3) is 0 Å². The number of hydrogen-bond donors (Lipinski definition) is 3. The predicted molar refractivity (Wildman–Crippen MR) is 156 cm³/mol. The number of aliphatic hydroxyl groups is 2. The Bertz CT molecular complexity index is 1600. The number of phenolic OH excluding ortho intramolecular Hbond substituents is 1. The van der Waals surface area contributed by atoms with Crippen LogP contribution in [0, 0.1) is 11.8 Å². The van der Waals surface area contributed by atoms with E-state index in [-0.39, 0.29) is 37.3 Å². The highest BCUT2D eigenvalue weighted by Gasteiger charge is 2.56. The van der Waals surface area contributed by atoms with Gasteiger partial charge in [0.15, 0.2) is 35.6 Å². The third-order valence-corrected chi connectivity index (χ3v) is 10.3. The van der Waals surface area contributed by atoms with Gasteiger partial charge in [-0.15, -0.1) is 11.3 Å². The maximum Gasteiger partial charge on any atom is 0.310 e. The summed E-state index contributed by atoms with van der Waals surface area (Å²) in [6.45, 7) is 0.171. The first-order chi connectivity index (χ1) is 22.4. The van der Waals surface area contributed by atoms with E-state index in [1.54, 1.807) is 18.2 Å². The molecular weight excluding hydrogens is 624 g/mol. The zero-order valence-electron chi connectivity index (χ0n) is 24.8. The monoisotopic (exact) mass is 656 g/mol. The van der Waals surface area contributed by atoms with E-state index in [9.17, 15) is 20.1 Å². The van der Waals surface area contributed by atoms with Crippen molar-refractivity contribution in [2.75, 3.05) is 34.2 Å². The van der Waals surface area contributed by atoms with Crippen LogP contribution in [0.15, 0.2) is 41.8 Å². The van der Waals surface area contributed by atoms with Crippen molar-refractivity contribution in [3.63, 3.8) is 0 Å². The molecule has 3 N–H and O–H groups in total. The normalized spacial score (nSPS) is 34.3. The van der Waals surface area contributed by atoms with Crippen LogP contribution in [0.25, 0.3) is 0 Å². The van der Waals surface area contributed by atoms with Gasteiger partial charge in [-0.3, -0.25) is 4.79 Å². The fraction of sp³-hybridized carbons (Fsp3) is 0.469. The molecule has 13 nitrogen and oxygen atoms in total. The van der Waals surface area contributed by atoms with Crippen molar-refractivity contribution in [3.8, 4) is 28.7 Å². The third-order valence-electron chi connectivity index (χ3n) is 9.37. The number of ether oxygens (including phenoxy) is 9. The average molecular weight is 657 g/mol. The van der Waals surface area contributed by atoms with Gasteiger partial charge in [0.1, 0.15) is 24.4 Å². The molecule has 244 valence electrons. The van der Waals surface area contributed by atoms with Gasteiger partial charge in [-0.2, -0.15) is 0 Å². The van der Waals surface area contributed by atoms with Gasteiger partial charge in [0.05, 0.1) is 44.3 Å². The molecule has 0 saturated carbocycles. The molecule has 8 rings (SSSR count). The molecule has 3 saturated heterocycles. The van der Waals surface area contributed by atoms with E-state index < -0.39 is 66.8 Å². The van der Waals surface area contributed by atoms with E-state index in [4.69, 9.17) is 42.6 Å². The van der Waals surface area contributed by atoms with E-state index in [0.29, 0.717) is 28.2 Å². The summed E-state index contributed by atoms with van der Waals surface area (Å²) in [7, 11) is 2.86. The Labute approximate surface area is 267 Å². The summed E-state index contributed by atoms with van der Waals surface area (Å²) in [6.07, 6.45) is -7.16. The Balaban J connectivity index is 1.16. The molecule has 46 heavy (non-hydrogen) atoms. The van der Waals surface area contributed by atoms with Gasteiger partial charge >= 0.3 is 5.97 Å². The summed E-state index contributed by atoms with van der Waals surface area (Å²) in [4.78, 5) is 14.3. The number of rotatable bonds is 6. The summed E-state index contributed by atoms with van der Waals surface area (Å²) < 4.78 is 52.6. The number of benzene rings is 2. The first-order valence-corrected chi connectivity index (χ1v) is 15.8. The van der Waals surface area contributed by atoms with Crippen molar-refractivity contribution in [3.05, 3.63) is 63.3 Å². The number of cyclic esters (lactones) is 1. The van der Waals surface area contributed by atoms with Crippen LogP contribution in [0.4, 0.5) is 0 Å². The highest BCUT2D eigenvalue weighted by molar-refractivity contribution is 7.10. The maximum absolute atomic E-state index is 13.5. The van der Waals surface area contributed by atoms with Crippen LogP contribution in [0.3, 0.4) is 0 Å². The molecule has 5 heterocycles.